The van der Waals surface area contributed by atoms with E-state index in [0.29, 0.717) is 6.54 Å². The molecule has 0 aromatic carbocycles. The minimum Gasteiger partial charge on any atom is -0.481 e. The first-order valence-electron chi connectivity index (χ1n) is 6.73. The first kappa shape index (κ1) is 16.1. The zero-order valence-corrected chi connectivity index (χ0v) is 13.1. The van der Waals surface area contributed by atoms with Gasteiger partial charge >= 0.3 is 5.97 Å². The summed E-state index contributed by atoms with van der Waals surface area (Å²) in [6, 6.07) is 0. The fraction of sp³-hybridized carbons (Fsp3) is 0.714. The van der Waals surface area contributed by atoms with Crippen molar-refractivity contribution in [2.24, 2.45) is 0 Å². The van der Waals surface area contributed by atoms with Crippen LogP contribution >= 0.6 is 11.3 Å². The lowest BCUT2D eigenvalue weighted by molar-refractivity contribution is -0.137. The molecule has 0 fully saturated rings. The number of aromatic nitrogens is 1. The van der Waals surface area contributed by atoms with Gasteiger partial charge in [-0.3, -0.25) is 9.69 Å². The fourth-order valence-electron chi connectivity index (χ4n) is 1.83. The monoisotopic (exact) mass is 284 g/mol. The standard InChI is InChI=1S/C14H24N2O2S/c1-5-6-12-15-11(10-19-12)9-16(14(2,3)4)8-7-13(17)18/h10H,5-9H2,1-4H3,(H,17,18). The molecule has 0 aliphatic carbocycles. The van der Waals surface area contributed by atoms with Gasteiger partial charge in [0, 0.05) is 24.0 Å². The summed E-state index contributed by atoms with van der Waals surface area (Å²) >= 11 is 1.70. The molecule has 0 amide bonds. The predicted octanol–water partition coefficient (Wildman–Crippen LogP) is 3.17. The predicted molar refractivity (Wildman–Crippen MR) is 78.5 cm³/mol. The molecule has 0 spiro atoms. The second-order valence-corrected chi connectivity index (χ2v) is 6.66. The molecule has 0 saturated heterocycles. The minimum atomic E-state index is -0.751. The summed E-state index contributed by atoms with van der Waals surface area (Å²) in [6.45, 7) is 9.74. The van der Waals surface area contributed by atoms with E-state index in [0.717, 1.165) is 25.1 Å². The molecule has 1 aromatic rings. The normalized spacial score (nSPS) is 12.1. The number of nitrogens with zero attached hydrogens (tertiary/aromatic N) is 2. The molecular weight excluding hydrogens is 260 g/mol. The zero-order chi connectivity index (χ0) is 14.5. The highest BCUT2D eigenvalue weighted by Crippen LogP contribution is 2.19. The van der Waals surface area contributed by atoms with Crippen molar-refractivity contribution in [2.45, 2.75) is 59.0 Å². The highest BCUT2D eigenvalue weighted by molar-refractivity contribution is 7.09. The Bertz CT molecular complexity index is 410. The Hall–Kier alpha value is -0.940. The van der Waals surface area contributed by atoms with Crippen molar-refractivity contribution in [1.29, 1.82) is 0 Å². The Balaban J connectivity index is 2.67. The number of hydrogen-bond donors (Lipinski definition) is 1. The zero-order valence-electron chi connectivity index (χ0n) is 12.3. The van der Waals surface area contributed by atoms with Crippen LogP contribution in [0, 0.1) is 0 Å². The molecule has 0 aliphatic rings. The number of aryl methyl sites for hydroxylation is 1. The van der Waals surface area contributed by atoms with Crippen LogP contribution in [0.1, 0.15) is 51.2 Å². The van der Waals surface area contributed by atoms with E-state index in [-0.39, 0.29) is 12.0 Å². The molecule has 4 nitrogen and oxygen atoms in total. The largest absolute Gasteiger partial charge is 0.481 e. The van der Waals surface area contributed by atoms with Crippen molar-refractivity contribution in [3.05, 3.63) is 16.1 Å². The van der Waals surface area contributed by atoms with E-state index in [9.17, 15) is 4.79 Å². The van der Waals surface area contributed by atoms with Crippen LogP contribution in [0.4, 0.5) is 0 Å². The molecule has 108 valence electrons. The van der Waals surface area contributed by atoms with Gasteiger partial charge in [-0.25, -0.2) is 4.98 Å². The lowest BCUT2D eigenvalue weighted by Gasteiger charge is -2.34. The van der Waals surface area contributed by atoms with Crippen LogP contribution < -0.4 is 0 Å². The van der Waals surface area contributed by atoms with Crippen molar-refractivity contribution in [1.82, 2.24) is 9.88 Å². The number of carboxylic acids is 1. The van der Waals surface area contributed by atoms with E-state index in [1.807, 2.05) is 0 Å². The van der Waals surface area contributed by atoms with Gasteiger partial charge < -0.3 is 5.11 Å². The minimum absolute atomic E-state index is 0.0516. The first-order valence-corrected chi connectivity index (χ1v) is 7.61. The summed E-state index contributed by atoms with van der Waals surface area (Å²) in [6.07, 6.45) is 2.30. The molecular formula is C14H24N2O2S. The smallest absolute Gasteiger partial charge is 0.304 e. The van der Waals surface area contributed by atoms with Gasteiger partial charge in [0.2, 0.25) is 0 Å². The third-order valence-corrected chi connectivity index (χ3v) is 3.92. The van der Waals surface area contributed by atoms with Crippen LogP contribution in [-0.2, 0) is 17.8 Å². The lowest BCUT2D eigenvalue weighted by atomic mass is 10.1. The summed E-state index contributed by atoms with van der Waals surface area (Å²) in [4.78, 5) is 17.5. The Kier molecular flexibility index (Phi) is 5.94. The topological polar surface area (TPSA) is 53.4 Å². The quantitative estimate of drug-likeness (QED) is 0.835. The molecule has 0 aliphatic heterocycles. The van der Waals surface area contributed by atoms with Gasteiger partial charge in [0.15, 0.2) is 0 Å². The average molecular weight is 284 g/mol. The Morgan fingerprint density at radius 3 is 2.68 bits per heavy atom. The highest BCUT2D eigenvalue weighted by atomic mass is 32.1. The highest BCUT2D eigenvalue weighted by Gasteiger charge is 2.22. The van der Waals surface area contributed by atoms with Gasteiger partial charge in [0.05, 0.1) is 17.1 Å². The van der Waals surface area contributed by atoms with Crippen LogP contribution in [0.3, 0.4) is 0 Å². The molecule has 0 bridgehead atoms. The number of thiazole rings is 1. The molecule has 0 radical (unpaired) electrons. The molecule has 1 aromatic heterocycles. The van der Waals surface area contributed by atoms with Crippen molar-refractivity contribution >= 4 is 17.3 Å². The molecule has 0 saturated carbocycles. The van der Waals surface area contributed by atoms with Crippen LogP contribution in [0.5, 0.6) is 0 Å². The maximum absolute atomic E-state index is 10.7. The average Bonchev–Trinajstić information content (AvgIpc) is 2.70. The molecule has 5 heteroatoms. The summed E-state index contributed by atoms with van der Waals surface area (Å²) in [5, 5.41) is 12.1. The maximum Gasteiger partial charge on any atom is 0.304 e. The third-order valence-electron chi connectivity index (χ3n) is 2.96. The van der Waals surface area contributed by atoms with Crippen molar-refractivity contribution in [3.63, 3.8) is 0 Å². The molecule has 1 heterocycles. The Morgan fingerprint density at radius 2 is 2.16 bits per heavy atom. The van der Waals surface area contributed by atoms with Crippen molar-refractivity contribution < 1.29 is 9.90 Å². The fourth-order valence-corrected chi connectivity index (χ4v) is 2.72. The van der Waals surface area contributed by atoms with Crippen LogP contribution in [0.15, 0.2) is 5.38 Å². The van der Waals surface area contributed by atoms with Gasteiger partial charge in [-0.15, -0.1) is 11.3 Å². The number of rotatable bonds is 7. The van der Waals surface area contributed by atoms with E-state index in [2.05, 4.69) is 43.0 Å². The molecule has 19 heavy (non-hydrogen) atoms. The van der Waals surface area contributed by atoms with Gasteiger partial charge in [0.25, 0.3) is 0 Å². The second-order valence-electron chi connectivity index (χ2n) is 5.72. The Morgan fingerprint density at radius 1 is 1.47 bits per heavy atom. The van der Waals surface area contributed by atoms with Crippen LogP contribution in [0.2, 0.25) is 0 Å². The molecule has 1 N–H and O–H groups in total. The number of hydrogen-bond acceptors (Lipinski definition) is 4. The summed E-state index contributed by atoms with van der Waals surface area (Å²) in [5.41, 5.74) is 0.998. The molecule has 0 unspecified atom stereocenters. The van der Waals surface area contributed by atoms with E-state index in [1.165, 1.54) is 5.01 Å². The van der Waals surface area contributed by atoms with E-state index >= 15 is 0 Å². The van der Waals surface area contributed by atoms with Gasteiger partial charge in [-0.2, -0.15) is 0 Å². The second kappa shape index (κ2) is 7.01. The van der Waals surface area contributed by atoms with Crippen molar-refractivity contribution in [2.75, 3.05) is 6.54 Å². The maximum atomic E-state index is 10.7. The van der Waals surface area contributed by atoms with Crippen LogP contribution in [-0.4, -0.2) is 33.0 Å². The van der Waals surface area contributed by atoms with Gasteiger partial charge in [-0.05, 0) is 33.6 Å². The van der Waals surface area contributed by atoms with E-state index in [1.54, 1.807) is 11.3 Å². The number of carboxylic acid groups (broad SMARTS) is 1. The summed E-state index contributed by atoms with van der Waals surface area (Å²) in [7, 11) is 0. The van der Waals surface area contributed by atoms with E-state index in [4.69, 9.17) is 5.11 Å². The number of aliphatic carboxylic acids is 1. The third kappa shape index (κ3) is 5.70. The first-order chi connectivity index (χ1) is 8.82. The number of carbonyl (C=O) groups is 1. The lowest BCUT2D eigenvalue weighted by Crippen LogP contribution is -2.42. The SMILES string of the molecule is CCCc1nc(CN(CCC(=O)O)C(C)(C)C)cs1. The summed E-state index contributed by atoms with van der Waals surface area (Å²) in [5.74, 6) is -0.751. The van der Waals surface area contributed by atoms with Crippen molar-refractivity contribution in [3.8, 4) is 0 Å². The van der Waals surface area contributed by atoms with E-state index < -0.39 is 5.97 Å². The molecule has 1 rings (SSSR count). The van der Waals surface area contributed by atoms with Gasteiger partial charge in [0.1, 0.15) is 0 Å². The summed E-state index contributed by atoms with van der Waals surface area (Å²) < 4.78 is 0. The van der Waals surface area contributed by atoms with Crippen LogP contribution in [0.25, 0.3) is 0 Å². The van der Waals surface area contributed by atoms with Gasteiger partial charge in [-0.1, -0.05) is 6.92 Å². The Labute approximate surface area is 119 Å². The molecule has 0 atom stereocenters.